The minimum Gasteiger partial charge on any atom is -0.490 e. The summed E-state index contributed by atoms with van der Waals surface area (Å²) >= 11 is 0. The van der Waals surface area contributed by atoms with Gasteiger partial charge >= 0.3 is 6.01 Å². The van der Waals surface area contributed by atoms with Gasteiger partial charge in [0.2, 0.25) is 21.7 Å². The number of aromatic nitrogens is 2. The minimum atomic E-state index is -3.64. The Morgan fingerprint density at radius 1 is 0.975 bits per heavy atom. The van der Waals surface area contributed by atoms with Crippen molar-refractivity contribution >= 4 is 21.9 Å². The number of carbonyl (C=O) groups is 1. The molecule has 2 heterocycles. The van der Waals surface area contributed by atoms with Crippen molar-refractivity contribution in [3.8, 4) is 28.7 Å². The van der Waals surface area contributed by atoms with Crippen LogP contribution in [0.4, 0.5) is 6.01 Å². The minimum absolute atomic E-state index is 0.00181. The number of hydrogen-bond donors (Lipinski definition) is 1. The fourth-order valence-electron chi connectivity index (χ4n) is 4.68. The van der Waals surface area contributed by atoms with E-state index in [2.05, 4.69) is 15.5 Å². The Labute approximate surface area is 234 Å². The third-order valence-corrected chi connectivity index (χ3v) is 8.54. The summed E-state index contributed by atoms with van der Waals surface area (Å²) in [6.45, 7) is 9.36. The van der Waals surface area contributed by atoms with E-state index >= 15 is 0 Å². The van der Waals surface area contributed by atoms with Crippen LogP contribution in [-0.2, 0) is 10.0 Å². The van der Waals surface area contributed by atoms with Gasteiger partial charge in [-0.15, -0.1) is 5.10 Å². The molecule has 3 aromatic rings. The molecular weight excluding hydrogens is 536 g/mol. The zero-order valence-corrected chi connectivity index (χ0v) is 24.1. The molecule has 1 aromatic heterocycles. The van der Waals surface area contributed by atoms with Gasteiger partial charge in [0.15, 0.2) is 11.5 Å². The normalized spacial score (nSPS) is 15.9. The van der Waals surface area contributed by atoms with E-state index in [0.717, 1.165) is 25.7 Å². The van der Waals surface area contributed by atoms with Gasteiger partial charge in [-0.2, -0.15) is 4.31 Å². The van der Waals surface area contributed by atoms with E-state index in [0.29, 0.717) is 49.2 Å². The van der Waals surface area contributed by atoms with Gasteiger partial charge in [-0.25, -0.2) is 8.42 Å². The molecule has 0 aliphatic carbocycles. The van der Waals surface area contributed by atoms with Crippen LogP contribution in [0.25, 0.3) is 11.5 Å². The van der Waals surface area contributed by atoms with E-state index in [-0.39, 0.29) is 28.4 Å². The van der Waals surface area contributed by atoms with Crippen LogP contribution < -0.4 is 19.5 Å². The summed E-state index contributed by atoms with van der Waals surface area (Å²) in [5.41, 5.74) is 0.781. The molecule has 0 spiro atoms. The van der Waals surface area contributed by atoms with Crippen molar-refractivity contribution in [3.05, 3.63) is 42.0 Å². The van der Waals surface area contributed by atoms with Crippen LogP contribution in [0, 0.1) is 0 Å². The number of nitrogens with zero attached hydrogens (tertiary/aromatic N) is 3. The summed E-state index contributed by atoms with van der Waals surface area (Å²) in [4.78, 5) is 13.0. The number of amides is 1. The summed E-state index contributed by atoms with van der Waals surface area (Å²) in [6.07, 6.45) is 3.50. The highest BCUT2D eigenvalue weighted by atomic mass is 32.2. The van der Waals surface area contributed by atoms with Crippen molar-refractivity contribution in [2.75, 3.05) is 31.7 Å². The third-order valence-electron chi connectivity index (χ3n) is 6.57. The molecule has 2 aromatic carbocycles. The van der Waals surface area contributed by atoms with E-state index in [1.165, 1.54) is 24.3 Å². The smallest absolute Gasteiger partial charge is 0.322 e. The second-order valence-electron chi connectivity index (χ2n) is 9.17. The predicted molar refractivity (Wildman–Crippen MR) is 149 cm³/mol. The number of anilines is 1. The van der Waals surface area contributed by atoms with E-state index in [9.17, 15) is 13.2 Å². The van der Waals surface area contributed by atoms with Crippen LogP contribution in [-0.4, -0.2) is 61.2 Å². The van der Waals surface area contributed by atoms with Gasteiger partial charge in [0.05, 0.1) is 24.7 Å². The summed E-state index contributed by atoms with van der Waals surface area (Å²) in [5.74, 6) is 1.06. The summed E-state index contributed by atoms with van der Waals surface area (Å²) in [6, 6.07) is 9.16. The Hall–Kier alpha value is -3.64. The van der Waals surface area contributed by atoms with E-state index in [1.54, 1.807) is 16.4 Å². The highest BCUT2D eigenvalue weighted by Gasteiger charge is 2.32. The topological polar surface area (TPSA) is 133 Å². The molecule has 1 aliphatic rings. The highest BCUT2D eigenvalue weighted by Crippen LogP contribution is 2.42. The Bertz CT molecular complexity index is 1380. The van der Waals surface area contributed by atoms with Gasteiger partial charge in [0.25, 0.3) is 5.91 Å². The molecule has 40 heavy (non-hydrogen) atoms. The number of hydrogen-bond acceptors (Lipinski definition) is 9. The van der Waals surface area contributed by atoms with E-state index < -0.39 is 15.9 Å². The first-order valence-electron chi connectivity index (χ1n) is 13.7. The summed E-state index contributed by atoms with van der Waals surface area (Å²) in [5, 5.41) is 10.6. The first-order chi connectivity index (χ1) is 19.3. The van der Waals surface area contributed by atoms with Crippen molar-refractivity contribution in [3.63, 3.8) is 0 Å². The zero-order valence-electron chi connectivity index (χ0n) is 23.3. The van der Waals surface area contributed by atoms with Crippen LogP contribution in [0.1, 0.15) is 63.7 Å². The van der Waals surface area contributed by atoms with Gasteiger partial charge in [0.1, 0.15) is 0 Å². The van der Waals surface area contributed by atoms with Crippen molar-refractivity contribution < 1.29 is 31.8 Å². The lowest BCUT2D eigenvalue weighted by Gasteiger charge is -2.34. The zero-order chi connectivity index (χ0) is 28.7. The average molecular weight is 573 g/mol. The molecule has 0 saturated carbocycles. The Balaban J connectivity index is 1.51. The van der Waals surface area contributed by atoms with Crippen LogP contribution >= 0.6 is 0 Å². The van der Waals surface area contributed by atoms with Crippen LogP contribution in [0.3, 0.4) is 0 Å². The Kier molecular flexibility index (Phi) is 9.64. The molecule has 1 aliphatic heterocycles. The summed E-state index contributed by atoms with van der Waals surface area (Å²) in [7, 11) is -3.64. The lowest BCUT2D eigenvalue weighted by atomic mass is 10.0. The molecule has 12 heteroatoms. The molecule has 1 amide bonds. The molecule has 0 bridgehead atoms. The quantitative estimate of drug-likeness (QED) is 0.313. The summed E-state index contributed by atoms with van der Waals surface area (Å²) < 4.78 is 50.9. The van der Waals surface area contributed by atoms with E-state index in [1.807, 2.05) is 27.7 Å². The van der Waals surface area contributed by atoms with Crippen molar-refractivity contribution in [1.29, 1.82) is 0 Å². The number of piperidine rings is 1. The molecule has 1 saturated heterocycles. The SMILES string of the molecule is CCOc1cc(-c2nnc(NC(=O)c3ccc(S(=O)(=O)N4CCCCC4CC)cc3)o2)cc(OCC)c1OCC. The number of nitrogens with one attached hydrogen (secondary N) is 1. The average Bonchev–Trinajstić information content (AvgIpc) is 3.43. The monoisotopic (exact) mass is 572 g/mol. The van der Waals surface area contributed by atoms with Gasteiger partial charge in [-0.05, 0) is 76.4 Å². The lowest BCUT2D eigenvalue weighted by molar-refractivity contribution is 0.102. The fourth-order valence-corrected chi connectivity index (χ4v) is 6.45. The first kappa shape index (κ1) is 29.3. The van der Waals surface area contributed by atoms with Crippen molar-refractivity contribution in [2.24, 2.45) is 0 Å². The maximum absolute atomic E-state index is 13.2. The number of sulfonamides is 1. The maximum atomic E-state index is 13.2. The second-order valence-corrected chi connectivity index (χ2v) is 11.1. The van der Waals surface area contributed by atoms with Crippen LogP contribution in [0.15, 0.2) is 45.7 Å². The molecule has 1 N–H and O–H groups in total. The predicted octanol–water partition coefficient (Wildman–Crippen LogP) is 5.14. The van der Waals surface area contributed by atoms with Crippen LogP contribution in [0.2, 0.25) is 0 Å². The third kappa shape index (κ3) is 6.39. The molecule has 216 valence electrons. The van der Waals surface area contributed by atoms with Gasteiger partial charge < -0.3 is 18.6 Å². The Morgan fingerprint density at radius 2 is 1.62 bits per heavy atom. The Morgan fingerprint density at radius 3 is 2.23 bits per heavy atom. The first-order valence-corrected chi connectivity index (χ1v) is 15.1. The molecule has 11 nitrogen and oxygen atoms in total. The van der Waals surface area contributed by atoms with Crippen molar-refractivity contribution in [2.45, 2.75) is 64.3 Å². The highest BCUT2D eigenvalue weighted by molar-refractivity contribution is 7.89. The van der Waals surface area contributed by atoms with Crippen LogP contribution in [0.5, 0.6) is 17.2 Å². The molecule has 0 radical (unpaired) electrons. The van der Waals surface area contributed by atoms with Gasteiger partial charge in [-0.1, -0.05) is 18.4 Å². The molecule has 1 unspecified atom stereocenters. The molecular formula is C28H36N4O7S. The standard InChI is InChI=1S/C28H36N4O7S/c1-5-21-11-9-10-16-32(21)40(34,35)22-14-12-19(13-15-22)26(33)29-28-31-30-27(39-28)20-17-23(36-6-2)25(38-8-4)24(18-20)37-7-3/h12-15,17-18,21H,5-11,16H2,1-4H3,(H,29,31,33). The van der Waals surface area contributed by atoms with E-state index in [4.69, 9.17) is 18.6 Å². The number of rotatable bonds is 12. The number of ether oxygens (including phenoxy) is 3. The fraction of sp³-hybridized carbons (Fsp3) is 0.464. The van der Waals surface area contributed by atoms with Gasteiger partial charge in [-0.3, -0.25) is 10.1 Å². The second kappa shape index (κ2) is 13.1. The molecule has 1 fully saturated rings. The van der Waals surface area contributed by atoms with Crippen molar-refractivity contribution in [1.82, 2.24) is 14.5 Å². The lowest BCUT2D eigenvalue weighted by Crippen LogP contribution is -2.43. The number of benzene rings is 2. The maximum Gasteiger partial charge on any atom is 0.322 e. The number of carbonyl (C=O) groups excluding carboxylic acids is 1. The largest absolute Gasteiger partial charge is 0.490 e. The van der Waals surface area contributed by atoms with Gasteiger partial charge in [0, 0.05) is 23.7 Å². The molecule has 1 atom stereocenters. The molecule has 4 rings (SSSR count).